The van der Waals surface area contributed by atoms with Crippen LogP contribution in [-0.4, -0.2) is 12.0 Å². The van der Waals surface area contributed by atoms with Crippen LogP contribution >= 0.6 is 0 Å². The molecule has 0 amide bonds. The Kier molecular flexibility index (Phi) is 3.05. The molecule has 3 nitrogen and oxygen atoms in total. The predicted octanol–water partition coefficient (Wildman–Crippen LogP) is 3.18. The fourth-order valence-corrected chi connectivity index (χ4v) is 1.49. The molecule has 3 heteroatoms. The van der Waals surface area contributed by atoms with E-state index in [0.717, 1.165) is 17.3 Å². The molecule has 0 aliphatic heterocycles. The molecule has 0 spiro atoms. The molecule has 0 saturated heterocycles. The van der Waals surface area contributed by atoms with E-state index in [1.54, 1.807) is 0 Å². The molecule has 0 bridgehead atoms. The molecule has 1 heterocycles. The van der Waals surface area contributed by atoms with Gasteiger partial charge < -0.3 is 10.6 Å². The van der Waals surface area contributed by atoms with Crippen LogP contribution in [-0.2, 0) is 0 Å². The minimum atomic E-state index is 0.848. The summed E-state index contributed by atoms with van der Waals surface area (Å²) < 4.78 is 0. The topological polar surface area (TPSA) is 37.0 Å². The number of para-hydroxylation sites is 1. The van der Waals surface area contributed by atoms with Crippen molar-refractivity contribution in [2.75, 3.05) is 17.7 Å². The van der Waals surface area contributed by atoms with Gasteiger partial charge in [0.2, 0.25) is 0 Å². The molecule has 2 N–H and O–H groups in total. The Morgan fingerprint density at radius 1 is 0.938 bits per heavy atom. The summed E-state index contributed by atoms with van der Waals surface area (Å²) in [5, 5.41) is 6.31. The summed E-state index contributed by atoms with van der Waals surface area (Å²) in [6.45, 7) is 2.07. The third-order valence-corrected chi connectivity index (χ3v) is 2.41. The van der Waals surface area contributed by atoms with Crippen molar-refractivity contribution in [3.8, 4) is 0 Å². The smallest absolute Gasteiger partial charge is 0.132 e. The highest BCUT2D eigenvalue weighted by molar-refractivity contribution is 5.61. The molecule has 1 aromatic carbocycles. The van der Waals surface area contributed by atoms with Gasteiger partial charge in [-0.25, -0.2) is 4.98 Å². The zero-order chi connectivity index (χ0) is 11.4. The maximum Gasteiger partial charge on any atom is 0.132 e. The maximum absolute atomic E-state index is 4.41. The van der Waals surface area contributed by atoms with Gasteiger partial charge in [-0.2, -0.15) is 0 Å². The number of pyridine rings is 1. The SMILES string of the molecule is CNc1cccc(Nc2ccccc2C)n1. The summed E-state index contributed by atoms with van der Waals surface area (Å²) in [6.07, 6.45) is 0. The normalized spacial score (nSPS) is 9.88. The van der Waals surface area contributed by atoms with E-state index in [1.807, 2.05) is 43.4 Å². The average Bonchev–Trinajstić information content (AvgIpc) is 2.32. The number of rotatable bonds is 3. The van der Waals surface area contributed by atoms with Gasteiger partial charge in [0.1, 0.15) is 11.6 Å². The molecular weight excluding hydrogens is 198 g/mol. The average molecular weight is 213 g/mol. The lowest BCUT2D eigenvalue weighted by Crippen LogP contribution is -1.98. The van der Waals surface area contributed by atoms with Gasteiger partial charge in [0.15, 0.2) is 0 Å². The molecule has 0 radical (unpaired) electrons. The Morgan fingerprint density at radius 3 is 2.44 bits per heavy atom. The summed E-state index contributed by atoms with van der Waals surface area (Å²) in [6, 6.07) is 14.0. The third-order valence-electron chi connectivity index (χ3n) is 2.41. The molecular formula is C13H15N3. The standard InChI is InChI=1S/C13H15N3/c1-10-6-3-4-7-11(10)15-13-9-5-8-12(14-2)16-13/h3-9H,1-2H3,(H2,14,15,16). The van der Waals surface area contributed by atoms with E-state index in [0.29, 0.717) is 0 Å². The molecule has 0 aliphatic rings. The lowest BCUT2D eigenvalue weighted by molar-refractivity contribution is 1.27. The molecule has 0 unspecified atom stereocenters. The fraction of sp³-hybridized carbons (Fsp3) is 0.154. The van der Waals surface area contributed by atoms with Crippen molar-refractivity contribution in [1.29, 1.82) is 0 Å². The minimum absolute atomic E-state index is 0.848. The molecule has 2 aromatic rings. The number of anilines is 3. The van der Waals surface area contributed by atoms with Gasteiger partial charge in [0.05, 0.1) is 0 Å². The molecule has 0 aliphatic carbocycles. The largest absolute Gasteiger partial charge is 0.373 e. The van der Waals surface area contributed by atoms with Gasteiger partial charge in [-0.1, -0.05) is 24.3 Å². The van der Waals surface area contributed by atoms with E-state index in [-0.39, 0.29) is 0 Å². The summed E-state index contributed by atoms with van der Waals surface area (Å²) in [4.78, 5) is 4.41. The van der Waals surface area contributed by atoms with Crippen molar-refractivity contribution in [1.82, 2.24) is 4.98 Å². The summed E-state index contributed by atoms with van der Waals surface area (Å²) >= 11 is 0. The van der Waals surface area contributed by atoms with Crippen LogP contribution in [0.5, 0.6) is 0 Å². The first-order valence-electron chi connectivity index (χ1n) is 5.27. The van der Waals surface area contributed by atoms with Crippen LogP contribution in [0.1, 0.15) is 5.56 Å². The number of aryl methyl sites for hydroxylation is 1. The number of nitrogens with one attached hydrogen (secondary N) is 2. The molecule has 1 aromatic heterocycles. The Morgan fingerprint density at radius 2 is 1.69 bits per heavy atom. The minimum Gasteiger partial charge on any atom is -0.373 e. The van der Waals surface area contributed by atoms with E-state index >= 15 is 0 Å². The Balaban J connectivity index is 2.24. The van der Waals surface area contributed by atoms with Crippen molar-refractivity contribution in [2.24, 2.45) is 0 Å². The summed E-state index contributed by atoms with van der Waals surface area (Å²) in [7, 11) is 1.86. The van der Waals surface area contributed by atoms with Crippen LogP contribution in [0, 0.1) is 6.92 Å². The highest BCUT2D eigenvalue weighted by Gasteiger charge is 1.99. The van der Waals surface area contributed by atoms with Crippen molar-refractivity contribution >= 4 is 17.3 Å². The van der Waals surface area contributed by atoms with Crippen LogP contribution in [0.4, 0.5) is 17.3 Å². The third kappa shape index (κ3) is 2.31. The van der Waals surface area contributed by atoms with Crippen LogP contribution in [0.3, 0.4) is 0 Å². The van der Waals surface area contributed by atoms with Gasteiger partial charge in [-0.15, -0.1) is 0 Å². The Bertz CT molecular complexity index is 480. The monoisotopic (exact) mass is 213 g/mol. The highest BCUT2D eigenvalue weighted by atomic mass is 15.0. The lowest BCUT2D eigenvalue weighted by atomic mass is 10.2. The molecule has 0 fully saturated rings. The van der Waals surface area contributed by atoms with Crippen molar-refractivity contribution in [3.05, 3.63) is 48.0 Å². The number of hydrogen-bond donors (Lipinski definition) is 2. The van der Waals surface area contributed by atoms with Crippen molar-refractivity contribution < 1.29 is 0 Å². The van der Waals surface area contributed by atoms with Crippen molar-refractivity contribution in [3.63, 3.8) is 0 Å². The first kappa shape index (κ1) is 10.5. The van der Waals surface area contributed by atoms with E-state index in [1.165, 1.54) is 5.56 Å². The van der Waals surface area contributed by atoms with E-state index < -0.39 is 0 Å². The first-order valence-corrected chi connectivity index (χ1v) is 5.27. The molecule has 82 valence electrons. The molecule has 0 atom stereocenters. The second kappa shape index (κ2) is 4.66. The second-order valence-electron chi connectivity index (χ2n) is 3.60. The Hall–Kier alpha value is -2.03. The van der Waals surface area contributed by atoms with Crippen LogP contribution in [0.15, 0.2) is 42.5 Å². The first-order chi connectivity index (χ1) is 7.79. The zero-order valence-electron chi connectivity index (χ0n) is 9.49. The quantitative estimate of drug-likeness (QED) is 0.822. The number of benzene rings is 1. The summed E-state index contributed by atoms with van der Waals surface area (Å²) in [5.41, 5.74) is 2.29. The number of hydrogen-bond acceptors (Lipinski definition) is 3. The van der Waals surface area contributed by atoms with Crippen LogP contribution < -0.4 is 10.6 Å². The Labute approximate surface area is 95.5 Å². The maximum atomic E-state index is 4.41. The van der Waals surface area contributed by atoms with Crippen molar-refractivity contribution in [2.45, 2.75) is 6.92 Å². The van der Waals surface area contributed by atoms with Gasteiger partial charge in [-0.05, 0) is 30.7 Å². The summed E-state index contributed by atoms with van der Waals surface area (Å²) in [5.74, 6) is 1.71. The molecule has 16 heavy (non-hydrogen) atoms. The fourth-order valence-electron chi connectivity index (χ4n) is 1.49. The highest BCUT2D eigenvalue weighted by Crippen LogP contribution is 2.19. The van der Waals surface area contributed by atoms with E-state index in [4.69, 9.17) is 0 Å². The number of aromatic nitrogens is 1. The zero-order valence-corrected chi connectivity index (χ0v) is 9.49. The van der Waals surface area contributed by atoms with Gasteiger partial charge in [0, 0.05) is 12.7 Å². The van der Waals surface area contributed by atoms with Crippen LogP contribution in [0.25, 0.3) is 0 Å². The molecule has 2 rings (SSSR count). The lowest BCUT2D eigenvalue weighted by Gasteiger charge is -2.09. The molecule has 0 saturated carbocycles. The van der Waals surface area contributed by atoms with Gasteiger partial charge in [-0.3, -0.25) is 0 Å². The second-order valence-corrected chi connectivity index (χ2v) is 3.60. The van der Waals surface area contributed by atoms with E-state index in [9.17, 15) is 0 Å². The van der Waals surface area contributed by atoms with Gasteiger partial charge in [0.25, 0.3) is 0 Å². The predicted molar refractivity (Wildman–Crippen MR) is 68.2 cm³/mol. The van der Waals surface area contributed by atoms with Crippen LogP contribution in [0.2, 0.25) is 0 Å². The van der Waals surface area contributed by atoms with Gasteiger partial charge >= 0.3 is 0 Å². The number of nitrogens with zero attached hydrogens (tertiary/aromatic N) is 1. The van der Waals surface area contributed by atoms with E-state index in [2.05, 4.69) is 28.6 Å².